The molecule has 2 atom stereocenters. The van der Waals surface area contributed by atoms with Crippen LogP contribution in [0, 0.1) is 0 Å². The predicted molar refractivity (Wildman–Crippen MR) is 72.6 cm³/mol. The maximum absolute atomic E-state index is 12.5. The summed E-state index contributed by atoms with van der Waals surface area (Å²) in [4.78, 5) is 18.4. The van der Waals surface area contributed by atoms with Crippen LogP contribution in [0.3, 0.4) is 0 Å². The second-order valence-electron chi connectivity index (χ2n) is 4.79. The summed E-state index contributed by atoms with van der Waals surface area (Å²) in [5, 5.41) is 0.334. The van der Waals surface area contributed by atoms with Gasteiger partial charge in [0.25, 0.3) is 5.91 Å². The topological polar surface area (TPSA) is 59.2 Å². The van der Waals surface area contributed by atoms with Crippen LogP contribution in [-0.4, -0.2) is 27.9 Å². The van der Waals surface area contributed by atoms with E-state index in [1.54, 1.807) is 6.07 Å². The van der Waals surface area contributed by atoms with Crippen molar-refractivity contribution in [1.82, 2.24) is 9.88 Å². The van der Waals surface area contributed by atoms with Gasteiger partial charge in [0, 0.05) is 18.3 Å². The molecule has 1 aliphatic rings. The van der Waals surface area contributed by atoms with E-state index in [0.717, 1.165) is 19.3 Å². The number of aromatic nitrogens is 1. The molecule has 2 heterocycles. The van der Waals surface area contributed by atoms with Gasteiger partial charge >= 0.3 is 0 Å². The third-order valence-electron chi connectivity index (χ3n) is 3.61. The van der Waals surface area contributed by atoms with Gasteiger partial charge in [-0.05, 0) is 32.3 Å². The fourth-order valence-corrected chi connectivity index (χ4v) is 2.72. The number of rotatable bonds is 2. The Morgan fingerprint density at radius 1 is 1.61 bits per heavy atom. The minimum Gasteiger partial charge on any atom is -0.382 e. The molecular formula is C13H18ClN3O. The van der Waals surface area contributed by atoms with E-state index in [0.29, 0.717) is 16.6 Å². The Hall–Kier alpha value is -1.29. The molecule has 1 aliphatic heterocycles. The third kappa shape index (κ3) is 2.29. The number of nitrogen functional groups attached to an aromatic ring is 1. The molecule has 1 saturated heterocycles. The van der Waals surface area contributed by atoms with Crippen LogP contribution in [0.15, 0.2) is 12.3 Å². The van der Waals surface area contributed by atoms with Crippen LogP contribution >= 0.6 is 11.6 Å². The standard InChI is InChI=1S/C13H18ClN3O/c1-3-10-5-4-8(2)17(10)13(18)9-6-11(14)12(15)16-7-9/h6-8,10H,3-5H2,1-2H3,(H2,15,16). The van der Waals surface area contributed by atoms with Gasteiger partial charge in [0.05, 0.1) is 10.6 Å². The van der Waals surface area contributed by atoms with E-state index in [9.17, 15) is 4.79 Å². The molecule has 5 heteroatoms. The van der Waals surface area contributed by atoms with Crippen molar-refractivity contribution in [2.45, 2.75) is 45.2 Å². The molecule has 1 amide bonds. The van der Waals surface area contributed by atoms with E-state index < -0.39 is 0 Å². The maximum atomic E-state index is 12.5. The van der Waals surface area contributed by atoms with Gasteiger partial charge in [-0.25, -0.2) is 4.98 Å². The predicted octanol–water partition coefficient (Wildman–Crippen LogP) is 2.72. The van der Waals surface area contributed by atoms with Gasteiger partial charge in [-0.2, -0.15) is 0 Å². The largest absolute Gasteiger partial charge is 0.382 e. The normalized spacial score (nSPS) is 23.4. The highest BCUT2D eigenvalue weighted by atomic mass is 35.5. The Kier molecular flexibility index (Phi) is 3.76. The molecule has 2 rings (SSSR count). The zero-order valence-corrected chi connectivity index (χ0v) is 11.4. The average Bonchev–Trinajstić information content (AvgIpc) is 2.73. The Labute approximate surface area is 112 Å². The van der Waals surface area contributed by atoms with Gasteiger partial charge in [0.1, 0.15) is 5.82 Å². The monoisotopic (exact) mass is 267 g/mol. The second-order valence-corrected chi connectivity index (χ2v) is 5.20. The van der Waals surface area contributed by atoms with Gasteiger partial charge in [-0.15, -0.1) is 0 Å². The molecule has 0 radical (unpaired) electrons. The summed E-state index contributed by atoms with van der Waals surface area (Å²) in [6.45, 7) is 4.19. The van der Waals surface area contributed by atoms with Crippen LogP contribution < -0.4 is 5.73 Å². The Morgan fingerprint density at radius 2 is 2.33 bits per heavy atom. The number of hydrogen-bond acceptors (Lipinski definition) is 3. The van der Waals surface area contributed by atoms with E-state index >= 15 is 0 Å². The van der Waals surface area contributed by atoms with Crippen molar-refractivity contribution >= 4 is 23.3 Å². The van der Waals surface area contributed by atoms with E-state index in [1.165, 1.54) is 6.20 Å². The number of amides is 1. The minimum absolute atomic E-state index is 0.00116. The molecule has 0 bridgehead atoms. The zero-order chi connectivity index (χ0) is 13.3. The van der Waals surface area contributed by atoms with Crippen LogP contribution in [0.2, 0.25) is 5.02 Å². The molecule has 2 N–H and O–H groups in total. The molecule has 0 aliphatic carbocycles. The lowest BCUT2D eigenvalue weighted by Crippen LogP contribution is -2.39. The number of hydrogen-bond donors (Lipinski definition) is 1. The molecule has 1 aromatic rings. The van der Waals surface area contributed by atoms with Gasteiger partial charge < -0.3 is 10.6 Å². The smallest absolute Gasteiger partial charge is 0.255 e. The SMILES string of the molecule is CCC1CCC(C)N1C(=O)c1cnc(N)c(Cl)c1. The fourth-order valence-electron chi connectivity index (χ4n) is 2.55. The molecular weight excluding hydrogens is 250 g/mol. The number of nitrogens with zero attached hydrogens (tertiary/aromatic N) is 2. The highest BCUT2D eigenvalue weighted by Crippen LogP contribution is 2.28. The Balaban J connectivity index is 2.27. The summed E-state index contributed by atoms with van der Waals surface area (Å²) < 4.78 is 0. The van der Waals surface area contributed by atoms with Crippen LogP contribution in [0.1, 0.15) is 43.5 Å². The highest BCUT2D eigenvalue weighted by Gasteiger charge is 2.33. The average molecular weight is 268 g/mol. The van der Waals surface area contributed by atoms with Crippen LogP contribution in [0.4, 0.5) is 5.82 Å². The summed E-state index contributed by atoms with van der Waals surface area (Å²) in [5.74, 6) is 0.260. The van der Waals surface area contributed by atoms with Crippen molar-refractivity contribution in [2.24, 2.45) is 0 Å². The van der Waals surface area contributed by atoms with Crippen LogP contribution in [0.5, 0.6) is 0 Å². The minimum atomic E-state index is 0.00116. The number of carbonyl (C=O) groups excluding carboxylic acids is 1. The van der Waals surface area contributed by atoms with Gasteiger partial charge in [-0.1, -0.05) is 18.5 Å². The number of likely N-dealkylation sites (tertiary alicyclic amines) is 1. The van der Waals surface area contributed by atoms with E-state index in [-0.39, 0.29) is 17.8 Å². The zero-order valence-electron chi connectivity index (χ0n) is 10.7. The lowest BCUT2D eigenvalue weighted by Gasteiger charge is -2.28. The summed E-state index contributed by atoms with van der Waals surface area (Å²) in [6.07, 6.45) is 4.60. The molecule has 98 valence electrons. The van der Waals surface area contributed by atoms with Crippen molar-refractivity contribution in [3.63, 3.8) is 0 Å². The number of carbonyl (C=O) groups is 1. The molecule has 1 fully saturated rings. The van der Waals surface area contributed by atoms with Crippen molar-refractivity contribution in [2.75, 3.05) is 5.73 Å². The van der Waals surface area contributed by atoms with Crippen LogP contribution in [-0.2, 0) is 0 Å². The number of anilines is 1. The third-order valence-corrected chi connectivity index (χ3v) is 3.91. The first-order chi connectivity index (χ1) is 8.54. The van der Waals surface area contributed by atoms with E-state index in [4.69, 9.17) is 17.3 Å². The molecule has 0 aromatic carbocycles. The van der Waals surface area contributed by atoms with Gasteiger partial charge in [-0.3, -0.25) is 4.79 Å². The van der Waals surface area contributed by atoms with Crippen molar-refractivity contribution in [3.05, 3.63) is 22.8 Å². The molecule has 2 unspecified atom stereocenters. The highest BCUT2D eigenvalue weighted by molar-refractivity contribution is 6.33. The quantitative estimate of drug-likeness (QED) is 0.896. The Bertz CT molecular complexity index is 464. The van der Waals surface area contributed by atoms with E-state index in [1.807, 2.05) is 4.90 Å². The van der Waals surface area contributed by atoms with Gasteiger partial charge in [0.15, 0.2) is 0 Å². The number of pyridine rings is 1. The summed E-state index contributed by atoms with van der Waals surface area (Å²) >= 11 is 5.91. The van der Waals surface area contributed by atoms with Crippen LogP contribution in [0.25, 0.3) is 0 Å². The first-order valence-electron chi connectivity index (χ1n) is 6.28. The molecule has 4 nitrogen and oxygen atoms in total. The first kappa shape index (κ1) is 13.1. The molecule has 0 spiro atoms. The lowest BCUT2D eigenvalue weighted by atomic mass is 10.1. The van der Waals surface area contributed by atoms with Crippen molar-refractivity contribution in [3.8, 4) is 0 Å². The molecule has 1 aromatic heterocycles. The molecule has 0 saturated carbocycles. The van der Waals surface area contributed by atoms with Gasteiger partial charge in [0.2, 0.25) is 0 Å². The fraction of sp³-hybridized carbons (Fsp3) is 0.538. The van der Waals surface area contributed by atoms with E-state index in [2.05, 4.69) is 18.8 Å². The number of nitrogens with two attached hydrogens (primary N) is 1. The summed E-state index contributed by atoms with van der Waals surface area (Å²) in [5.41, 5.74) is 6.07. The second kappa shape index (κ2) is 5.14. The maximum Gasteiger partial charge on any atom is 0.255 e. The Morgan fingerprint density at radius 3 is 2.94 bits per heavy atom. The first-order valence-corrected chi connectivity index (χ1v) is 6.66. The lowest BCUT2D eigenvalue weighted by molar-refractivity contribution is 0.0676. The van der Waals surface area contributed by atoms with Crippen molar-refractivity contribution < 1.29 is 4.79 Å². The summed E-state index contributed by atoms with van der Waals surface area (Å²) in [7, 11) is 0. The summed E-state index contributed by atoms with van der Waals surface area (Å²) in [6, 6.07) is 2.20. The van der Waals surface area contributed by atoms with Crippen molar-refractivity contribution in [1.29, 1.82) is 0 Å². The molecule has 18 heavy (non-hydrogen) atoms. The number of halogens is 1.